The number of rotatable bonds is 1. The molecule has 0 unspecified atom stereocenters. The average Bonchev–Trinajstić information content (AvgIpc) is 3.18. The van der Waals surface area contributed by atoms with E-state index in [0.29, 0.717) is 34.9 Å². The molecule has 3 heterocycles. The molecule has 2 aliphatic heterocycles. The molecule has 1 aromatic heterocycles. The third kappa shape index (κ3) is 2.13. The van der Waals surface area contributed by atoms with Crippen LogP contribution in [-0.4, -0.2) is 22.8 Å². The highest BCUT2D eigenvalue weighted by Crippen LogP contribution is 2.48. The average molecular weight is 353 g/mol. The summed E-state index contributed by atoms with van der Waals surface area (Å²) in [6.45, 7) is 4.35. The van der Waals surface area contributed by atoms with Crippen molar-refractivity contribution in [2.75, 3.05) is 12.1 Å². The number of nitrogens with one attached hydrogen (secondary N) is 3. The Labute approximate surface area is 149 Å². The Morgan fingerprint density at radius 2 is 1.88 bits per heavy atom. The Kier molecular flexibility index (Phi) is 2.96. The molecule has 0 amide bonds. The highest BCUT2D eigenvalue weighted by molar-refractivity contribution is 6.01. The van der Waals surface area contributed by atoms with Crippen LogP contribution in [0, 0.1) is 5.41 Å². The van der Waals surface area contributed by atoms with Crippen LogP contribution in [0.5, 0.6) is 11.5 Å². The van der Waals surface area contributed by atoms with Gasteiger partial charge in [-0.15, -0.1) is 0 Å². The predicted molar refractivity (Wildman–Crippen MR) is 94.5 cm³/mol. The van der Waals surface area contributed by atoms with E-state index in [1.54, 1.807) is 0 Å². The van der Waals surface area contributed by atoms with Gasteiger partial charge in [0.05, 0.1) is 5.56 Å². The number of Topliss-reactive ketones (excluding diaryl/α,β-unsaturated/α-hetero) is 1. The molecule has 3 N–H and O–H groups in total. The summed E-state index contributed by atoms with van der Waals surface area (Å²) in [5, 5.41) is 8.82. The first-order valence-corrected chi connectivity index (χ1v) is 8.66. The van der Waals surface area contributed by atoms with Crippen LogP contribution in [0.4, 0.5) is 5.82 Å². The van der Waals surface area contributed by atoms with E-state index in [9.17, 15) is 9.59 Å². The van der Waals surface area contributed by atoms with E-state index in [-0.39, 0.29) is 23.6 Å². The monoisotopic (exact) mass is 353 g/mol. The van der Waals surface area contributed by atoms with Crippen molar-refractivity contribution < 1.29 is 14.3 Å². The molecule has 0 saturated carbocycles. The van der Waals surface area contributed by atoms with Crippen LogP contribution < -0.4 is 20.3 Å². The number of hydrogen-bond acceptors (Lipinski definition) is 5. The number of H-pyrrole nitrogens is 2. The number of benzene rings is 1. The van der Waals surface area contributed by atoms with Gasteiger partial charge in [0.15, 0.2) is 17.3 Å². The summed E-state index contributed by atoms with van der Waals surface area (Å²) in [6.07, 6.45) is 1.22. The summed E-state index contributed by atoms with van der Waals surface area (Å²) >= 11 is 0. The van der Waals surface area contributed by atoms with Crippen molar-refractivity contribution >= 4 is 11.6 Å². The van der Waals surface area contributed by atoms with E-state index in [0.717, 1.165) is 17.7 Å². The Balaban J connectivity index is 1.72. The number of fused-ring (bicyclic) bond motifs is 2. The maximum Gasteiger partial charge on any atom is 0.270 e. The van der Waals surface area contributed by atoms with E-state index in [4.69, 9.17) is 9.47 Å². The van der Waals surface area contributed by atoms with Crippen molar-refractivity contribution in [3.05, 3.63) is 50.9 Å². The zero-order valence-electron chi connectivity index (χ0n) is 14.6. The number of allylic oxidation sites excluding steroid dienone is 2. The molecule has 5 rings (SSSR count). The molecule has 26 heavy (non-hydrogen) atoms. The minimum Gasteiger partial charge on any atom is -0.454 e. The van der Waals surface area contributed by atoms with E-state index >= 15 is 0 Å². The molecule has 7 nitrogen and oxygen atoms in total. The Morgan fingerprint density at radius 1 is 1.08 bits per heavy atom. The molecule has 1 atom stereocenters. The van der Waals surface area contributed by atoms with E-state index < -0.39 is 5.92 Å². The van der Waals surface area contributed by atoms with E-state index in [1.807, 2.05) is 18.2 Å². The maximum absolute atomic E-state index is 13.0. The van der Waals surface area contributed by atoms with Crippen LogP contribution in [0.25, 0.3) is 0 Å². The van der Waals surface area contributed by atoms with Gasteiger partial charge in [-0.05, 0) is 29.5 Å². The largest absolute Gasteiger partial charge is 0.454 e. The van der Waals surface area contributed by atoms with Crippen molar-refractivity contribution in [1.29, 1.82) is 0 Å². The minimum atomic E-state index is -0.422. The molecule has 0 spiro atoms. The Morgan fingerprint density at radius 3 is 2.73 bits per heavy atom. The van der Waals surface area contributed by atoms with Gasteiger partial charge < -0.3 is 14.8 Å². The van der Waals surface area contributed by atoms with Gasteiger partial charge >= 0.3 is 0 Å². The number of aromatic amines is 2. The highest BCUT2D eigenvalue weighted by Gasteiger charge is 2.42. The van der Waals surface area contributed by atoms with E-state index in [2.05, 4.69) is 29.4 Å². The third-order valence-corrected chi connectivity index (χ3v) is 5.32. The highest BCUT2D eigenvalue weighted by atomic mass is 16.7. The van der Waals surface area contributed by atoms with Crippen LogP contribution in [0.2, 0.25) is 0 Å². The van der Waals surface area contributed by atoms with Crippen LogP contribution in [0.1, 0.15) is 43.7 Å². The van der Waals surface area contributed by atoms with Crippen LogP contribution in [-0.2, 0) is 4.79 Å². The fraction of sp³-hybridized carbons (Fsp3) is 0.368. The standard InChI is InChI=1S/C19H19N3O4/c1-19(2)6-10-15(11(23)7-19)14(16-17(20-10)21-22-18(16)24)9-3-4-12-13(5-9)26-8-25-12/h3-5,14H,6-8H2,1-2H3,(H3,20,21,22,24)/t14-/m0/s1. The van der Waals surface area contributed by atoms with Crippen LogP contribution in [0.3, 0.4) is 0 Å². The number of ether oxygens (including phenoxy) is 2. The summed E-state index contributed by atoms with van der Waals surface area (Å²) in [4.78, 5) is 25.5. The second-order valence-electron chi connectivity index (χ2n) is 7.87. The molecule has 0 radical (unpaired) electrons. The van der Waals surface area contributed by atoms with Crippen molar-refractivity contribution in [2.24, 2.45) is 5.41 Å². The normalized spacial score (nSPS) is 22.7. The zero-order valence-corrected chi connectivity index (χ0v) is 14.6. The first-order valence-electron chi connectivity index (χ1n) is 8.66. The Bertz CT molecular complexity index is 1030. The second kappa shape index (κ2) is 5.03. The van der Waals surface area contributed by atoms with Gasteiger partial charge in [-0.1, -0.05) is 19.9 Å². The summed E-state index contributed by atoms with van der Waals surface area (Å²) in [5.41, 5.74) is 2.62. The lowest BCUT2D eigenvalue weighted by atomic mass is 9.69. The summed E-state index contributed by atoms with van der Waals surface area (Å²) in [6, 6.07) is 5.60. The molecule has 0 fully saturated rings. The topological polar surface area (TPSA) is 96.2 Å². The lowest BCUT2D eigenvalue weighted by Crippen LogP contribution is -2.34. The predicted octanol–water partition coefficient (Wildman–Crippen LogP) is 2.63. The second-order valence-corrected chi connectivity index (χ2v) is 7.87. The first kappa shape index (κ1) is 15.3. The molecule has 134 valence electrons. The smallest absolute Gasteiger partial charge is 0.270 e. The SMILES string of the molecule is CC1(C)CC(=O)C2=C(C1)Nc1[nH][nH]c(=O)c1[C@H]2c1ccc2c(c1)OCO2. The fourth-order valence-electron chi connectivity index (χ4n) is 4.24. The quantitative estimate of drug-likeness (QED) is 0.732. The fourth-order valence-corrected chi connectivity index (χ4v) is 4.24. The van der Waals surface area contributed by atoms with Gasteiger partial charge in [0.25, 0.3) is 5.56 Å². The molecule has 0 bridgehead atoms. The van der Waals surface area contributed by atoms with Gasteiger partial charge in [-0.2, -0.15) is 0 Å². The van der Waals surface area contributed by atoms with Crippen molar-refractivity contribution in [2.45, 2.75) is 32.6 Å². The van der Waals surface area contributed by atoms with Crippen molar-refractivity contribution in [3.8, 4) is 11.5 Å². The first-order chi connectivity index (χ1) is 12.4. The van der Waals surface area contributed by atoms with Gasteiger partial charge in [0, 0.05) is 23.6 Å². The Hall–Kier alpha value is -2.96. The van der Waals surface area contributed by atoms with Gasteiger partial charge in [-0.25, -0.2) is 0 Å². The molecule has 3 aliphatic rings. The number of hydrogen-bond donors (Lipinski definition) is 3. The number of carbonyl (C=O) groups excluding carboxylic acids is 1. The van der Waals surface area contributed by atoms with Crippen LogP contribution >= 0.6 is 0 Å². The lowest BCUT2D eigenvalue weighted by molar-refractivity contribution is -0.118. The number of carbonyl (C=O) groups is 1. The maximum atomic E-state index is 13.0. The summed E-state index contributed by atoms with van der Waals surface area (Å²) in [5.74, 6) is 1.60. The molecular weight excluding hydrogens is 334 g/mol. The summed E-state index contributed by atoms with van der Waals surface area (Å²) < 4.78 is 10.9. The van der Waals surface area contributed by atoms with E-state index in [1.165, 1.54) is 0 Å². The summed E-state index contributed by atoms with van der Waals surface area (Å²) in [7, 11) is 0. The molecule has 0 saturated heterocycles. The van der Waals surface area contributed by atoms with Crippen LogP contribution in [0.15, 0.2) is 34.3 Å². The van der Waals surface area contributed by atoms with Crippen molar-refractivity contribution in [3.63, 3.8) is 0 Å². The minimum absolute atomic E-state index is 0.0812. The van der Waals surface area contributed by atoms with Crippen molar-refractivity contribution in [1.82, 2.24) is 10.2 Å². The molecule has 7 heteroatoms. The number of ketones is 1. The number of anilines is 1. The third-order valence-electron chi connectivity index (χ3n) is 5.32. The molecular formula is C19H19N3O4. The van der Waals surface area contributed by atoms with Gasteiger partial charge in [0.1, 0.15) is 5.82 Å². The van der Waals surface area contributed by atoms with Gasteiger partial charge in [0.2, 0.25) is 6.79 Å². The zero-order chi connectivity index (χ0) is 18.1. The number of aromatic nitrogens is 2. The molecule has 1 aliphatic carbocycles. The lowest BCUT2D eigenvalue weighted by Gasteiger charge is -2.37. The van der Waals surface area contributed by atoms with Gasteiger partial charge in [-0.3, -0.25) is 19.8 Å². The molecule has 1 aromatic carbocycles. The molecule has 2 aromatic rings.